The molecule has 0 bridgehead atoms. The van der Waals surface area contributed by atoms with Gasteiger partial charge in [-0.1, -0.05) is 30.0 Å². The lowest BCUT2D eigenvalue weighted by atomic mass is 10.1. The van der Waals surface area contributed by atoms with Gasteiger partial charge in [0.2, 0.25) is 11.1 Å². The first-order valence-corrected chi connectivity index (χ1v) is 10.1. The number of tetrazole rings is 1. The third-order valence-corrected chi connectivity index (χ3v) is 5.76. The van der Waals surface area contributed by atoms with Gasteiger partial charge >= 0.3 is 0 Å². The van der Waals surface area contributed by atoms with Gasteiger partial charge in [0, 0.05) is 17.8 Å². The summed E-state index contributed by atoms with van der Waals surface area (Å²) < 4.78 is 12.2. The number of aromatic nitrogens is 4. The number of thioether (sulfide) groups is 1. The fourth-order valence-corrected chi connectivity index (χ4v) is 4.28. The number of hydrogen-bond acceptors (Lipinski definition) is 7. The van der Waals surface area contributed by atoms with Crippen LogP contribution in [0.4, 0.5) is 5.69 Å². The van der Waals surface area contributed by atoms with E-state index in [2.05, 4.69) is 28.5 Å². The minimum absolute atomic E-state index is 0.0364. The highest BCUT2D eigenvalue weighted by molar-refractivity contribution is 7.99. The third-order valence-electron chi connectivity index (χ3n) is 4.85. The van der Waals surface area contributed by atoms with E-state index >= 15 is 0 Å². The van der Waals surface area contributed by atoms with E-state index in [1.54, 1.807) is 31.0 Å². The fraction of sp³-hybridized carbons (Fsp3) is 0.300. The third kappa shape index (κ3) is 3.65. The largest absolute Gasteiger partial charge is 0.493 e. The molecule has 0 aliphatic carbocycles. The number of para-hydroxylation sites is 1. The molecule has 2 aromatic carbocycles. The van der Waals surface area contributed by atoms with Gasteiger partial charge in [-0.3, -0.25) is 4.79 Å². The van der Waals surface area contributed by atoms with Gasteiger partial charge in [-0.25, -0.2) is 0 Å². The number of rotatable bonds is 6. The Morgan fingerprint density at radius 3 is 2.76 bits per heavy atom. The Morgan fingerprint density at radius 1 is 1.17 bits per heavy atom. The SMILES string of the molecule is COc1ccc(-n2nnnc2SCC(=O)N2c3ccccc3CC2C)cc1OC. The molecule has 0 radical (unpaired) electrons. The molecule has 0 N–H and O–H groups in total. The van der Waals surface area contributed by atoms with Gasteiger partial charge < -0.3 is 14.4 Å². The van der Waals surface area contributed by atoms with E-state index in [0.717, 1.165) is 17.8 Å². The van der Waals surface area contributed by atoms with Crippen LogP contribution in [-0.4, -0.2) is 52.1 Å². The number of hydrogen-bond donors (Lipinski definition) is 0. The van der Waals surface area contributed by atoms with E-state index in [1.165, 1.54) is 17.3 Å². The Bertz CT molecular complexity index is 1040. The summed E-state index contributed by atoms with van der Waals surface area (Å²) in [5, 5.41) is 12.4. The molecule has 29 heavy (non-hydrogen) atoms. The fourth-order valence-electron chi connectivity index (χ4n) is 3.53. The zero-order chi connectivity index (χ0) is 20.4. The highest BCUT2D eigenvalue weighted by Gasteiger charge is 2.30. The molecule has 1 unspecified atom stereocenters. The van der Waals surface area contributed by atoms with Crippen LogP contribution in [0.5, 0.6) is 11.5 Å². The number of carbonyl (C=O) groups excluding carboxylic acids is 1. The van der Waals surface area contributed by atoms with Crippen molar-refractivity contribution in [2.24, 2.45) is 0 Å². The zero-order valence-corrected chi connectivity index (χ0v) is 17.2. The van der Waals surface area contributed by atoms with E-state index in [4.69, 9.17) is 9.47 Å². The number of anilines is 1. The molecule has 0 saturated heterocycles. The first-order chi connectivity index (χ1) is 14.1. The van der Waals surface area contributed by atoms with Crippen molar-refractivity contribution in [3.63, 3.8) is 0 Å². The van der Waals surface area contributed by atoms with Gasteiger partial charge in [-0.2, -0.15) is 4.68 Å². The second-order valence-electron chi connectivity index (χ2n) is 6.65. The monoisotopic (exact) mass is 411 g/mol. The van der Waals surface area contributed by atoms with Gasteiger partial charge in [0.1, 0.15) is 0 Å². The lowest BCUT2D eigenvalue weighted by molar-refractivity contribution is -0.116. The van der Waals surface area contributed by atoms with E-state index < -0.39 is 0 Å². The molecule has 0 fully saturated rings. The average Bonchev–Trinajstić information content (AvgIpc) is 3.34. The molecule has 1 aromatic heterocycles. The molecule has 1 aliphatic heterocycles. The molecule has 0 spiro atoms. The van der Waals surface area contributed by atoms with Crippen LogP contribution in [-0.2, 0) is 11.2 Å². The number of ether oxygens (including phenoxy) is 2. The van der Waals surface area contributed by atoms with Gasteiger partial charge in [0.05, 0.1) is 25.7 Å². The van der Waals surface area contributed by atoms with Crippen molar-refractivity contribution in [3.05, 3.63) is 48.0 Å². The summed E-state index contributed by atoms with van der Waals surface area (Å²) >= 11 is 1.31. The van der Waals surface area contributed by atoms with Crippen molar-refractivity contribution in [1.82, 2.24) is 20.2 Å². The van der Waals surface area contributed by atoms with Crippen molar-refractivity contribution in [2.45, 2.75) is 24.5 Å². The highest BCUT2D eigenvalue weighted by Crippen LogP contribution is 2.33. The summed E-state index contributed by atoms with van der Waals surface area (Å²) in [6.45, 7) is 2.07. The topological polar surface area (TPSA) is 82.4 Å². The Balaban J connectivity index is 1.51. The van der Waals surface area contributed by atoms with Crippen LogP contribution in [0.15, 0.2) is 47.6 Å². The second-order valence-corrected chi connectivity index (χ2v) is 7.59. The van der Waals surface area contributed by atoms with Crippen LogP contribution in [0.3, 0.4) is 0 Å². The number of amides is 1. The number of nitrogens with zero attached hydrogens (tertiary/aromatic N) is 5. The maximum absolute atomic E-state index is 12.9. The Hall–Kier alpha value is -3.07. The molecule has 1 atom stereocenters. The van der Waals surface area contributed by atoms with E-state index in [9.17, 15) is 4.79 Å². The summed E-state index contributed by atoms with van der Waals surface area (Å²) in [6, 6.07) is 13.6. The summed E-state index contributed by atoms with van der Waals surface area (Å²) in [4.78, 5) is 14.8. The van der Waals surface area contributed by atoms with Crippen molar-refractivity contribution in [2.75, 3.05) is 24.9 Å². The maximum Gasteiger partial charge on any atom is 0.237 e. The van der Waals surface area contributed by atoms with Crippen LogP contribution in [0.25, 0.3) is 5.69 Å². The van der Waals surface area contributed by atoms with Crippen LogP contribution in [0, 0.1) is 0 Å². The lowest BCUT2D eigenvalue weighted by Gasteiger charge is -2.22. The van der Waals surface area contributed by atoms with Crippen molar-refractivity contribution >= 4 is 23.4 Å². The number of fused-ring (bicyclic) bond motifs is 1. The molecule has 4 rings (SSSR count). The smallest absolute Gasteiger partial charge is 0.237 e. The molecule has 1 amide bonds. The van der Waals surface area contributed by atoms with Gasteiger partial charge in [-0.05, 0) is 47.5 Å². The van der Waals surface area contributed by atoms with Crippen molar-refractivity contribution < 1.29 is 14.3 Å². The number of benzene rings is 2. The van der Waals surface area contributed by atoms with E-state index in [1.807, 2.05) is 29.2 Å². The molecule has 8 nitrogen and oxygen atoms in total. The van der Waals surface area contributed by atoms with E-state index in [-0.39, 0.29) is 17.7 Å². The maximum atomic E-state index is 12.9. The molecule has 2 heterocycles. The molecule has 9 heteroatoms. The summed E-state index contributed by atoms with van der Waals surface area (Å²) in [6.07, 6.45) is 0.871. The molecule has 3 aromatic rings. The average molecular weight is 411 g/mol. The second kappa shape index (κ2) is 8.12. The first kappa shape index (κ1) is 19.3. The predicted molar refractivity (Wildman–Crippen MR) is 110 cm³/mol. The molecular weight excluding hydrogens is 390 g/mol. The van der Waals surface area contributed by atoms with Crippen molar-refractivity contribution in [1.29, 1.82) is 0 Å². The minimum Gasteiger partial charge on any atom is -0.493 e. The summed E-state index contributed by atoms with van der Waals surface area (Å²) in [5.74, 6) is 1.48. The summed E-state index contributed by atoms with van der Waals surface area (Å²) in [5.41, 5.74) is 2.92. The Kier molecular flexibility index (Phi) is 5.39. The van der Waals surface area contributed by atoms with Gasteiger partial charge in [0.25, 0.3) is 0 Å². The normalized spacial score (nSPS) is 15.3. The van der Waals surface area contributed by atoms with Gasteiger partial charge in [0.15, 0.2) is 11.5 Å². The van der Waals surface area contributed by atoms with Crippen LogP contribution in [0.2, 0.25) is 0 Å². The van der Waals surface area contributed by atoms with E-state index in [0.29, 0.717) is 16.7 Å². The van der Waals surface area contributed by atoms with Crippen molar-refractivity contribution in [3.8, 4) is 17.2 Å². The number of carbonyl (C=O) groups is 1. The molecule has 0 saturated carbocycles. The minimum atomic E-state index is 0.0364. The molecular formula is C20H21N5O3S. The Labute approximate surface area is 172 Å². The highest BCUT2D eigenvalue weighted by atomic mass is 32.2. The van der Waals surface area contributed by atoms with Gasteiger partial charge in [-0.15, -0.1) is 5.10 Å². The standard InChI is InChI=1S/C20H21N5O3S/c1-13-10-14-6-4-5-7-16(14)24(13)19(26)12-29-20-21-22-23-25(20)15-8-9-17(27-2)18(11-15)28-3/h4-9,11,13H,10,12H2,1-3H3. The first-order valence-electron chi connectivity index (χ1n) is 9.16. The molecule has 150 valence electrons. The predicted octanol–water partition coefficient (Wildman–Crippen LogP) is 2.75. The molecule has 1 aliphatic rings. The number of methoxy groups -OCH3 is 2. The van der Waals surface area contributed by atoms with Crippen LogP contribution < -0.4 is 14.4 Å². The quantitative estimate of drug-likeness (QED) is 0.577. The zero-order valence-electron chi connectivity index (χ0n) is 16.4. The lowest BCUT2D eigenvalue weighted by Crippen LogP contribution is -2.37. The van der Waals surface area contributed by atoms with Crippen LogP contribution >= 0.6 is 11.8 Å². The van der Waals surface area contributed by atoms with Crippen LogP contribution in [0.1, 0.15) is 12.5 Å². The Morgan fingerprint density at radius 2 is 1.97 bits per heavy atom. The summed E-state index contributed by atoms with van der Waals surface area (Å²) in [7, 11) is 3.16.